The quantitative estimate of drug-likeness (QED) is 0.404. The van der Waals surface area contributed by atoms with E-state index in [0.29, 0.717) is 18.0 Å². The smallest absolute Gasteiger partial charge is 0.261 e. The topological polar surface area (TPSA) is 56.1 Å². The molecule has 0 aliphatic heterocycles. The molecule has 0 saturated heterocycles. The van der Waals surface area contributed by atoms with E-state index in [-0.39, 0.29) is 5.91 Å². The minimum absolute atomic E-state index is 0.0677. The molecule has 4 rings (SSSR count). The van der Waals surface area contributed by atoms with Gasteiger partial charge in [0.05, 0.1) is 29.1 Å². The number of para-hydroxylation sites is 2. The van der Waals surface area contributed by atoms with Gasteiger partial charge in [0.2, 0.25) is 0 Å². The third kappa shape index (κ3) is 4.54. The van der Waals surface area contributed by atoms with E-state index in [4.69, 9.17) is 9.72 Å². The number of hydrogen-bond acceptors (Lipinski definition) is 4. The molecule has 154 valence electrons. The molecule has 5 nitrogen and oxygen atoms in total. The van der Waals surface area contributed by atoms with Crippen molar-refractivity contribution in [2.45, 2.75) is 33.4 Å². The van der Waals surface area contributed by atoms with Crippen molar-refractivity contribution in [3.05, 3.63) is 81.8 Å². The van der Waals surface area contributed by atoms with Crippen molar-refractivity contribution in [2.24, 2.45) is 0 Å². The molecule has 0 aliphatic carbocycles. The van der Waals surface area contributed by atoms with E-state index in [2.05, 4.69) is 48.0 Å². The van der Waals surface area contributed by atoms with E-state index < -0.39 is 0 Å². The summed E-state index contributed by atoms with van der Waals surface area (Å²) in [5, 5.41) is 4.89. The molecular weight excluding hydrogens is 394 g/mol. The van der Waals surface area contributed by atoms with Crippen LogP contribution in [0.2, 0.25) is 0 Å². The van der Waals surface area contributed by atoms with Gasteiger partial charge in [0.15, 0.2) is 0 Å². The molecule has 0 spiro atoms. The normalized spacial score (nSPS) is 11.0. The lowest BCUT2D eigenvalue weighted by molar-refractivity contribution is 0.0953. The van der Waals surface area contributed by atoms with Gasteiger partial charge in [0.1, 0.15) is 11.6 Å². The molecule has 0 bridgehead atoms. The second-order valence-corrected chi connectivity index (χ2v) is 8.25. The molecule has 0 unspecified atom stereocenters. The number of ether oxygens (including phenoxy) is 1. The highest BCUT2D eigenvalue weighted by molar-refractivity contribution is 7.12. The lowest BCUT2D eigenvalue weighted by atomic mass is 10.1. The number of imidazole rings is 1. The van der Waals surface area contributed by atoms with Crippen LogP contribution in [0.3, 0.4) is 0 Å². The number of rotatable bonds is 8. The van der Waals surface area contributed by atoms with Crippen LogP contribution in [0.15, 0.2) is 60.0 Å². The Morgan fingerprint density at radius 1 is 1.13 bits per heavy atom. The van der Waals surface area contributed by atoms with E-state index in [1.54, 1.807) is 0 Å². The Kier molecular flexibility index (Phi) is 6.14. The predicted molar refractivity (Wildman–Crippen MR) is 121 cm³/mol. The van der Waals surface area contributed by atoms with Gasteiger partial charge in [0, 0.05) is 6.54 Å². The minimum atomic E-state index is -0.0677. The van der Waals surface area contributed by atoms with Gasteiger partial charge in [-0.15, -0.1) is 11.3 Å². The number of benzene rings is 2. The second-order valence-electron chi connectivity index (χ2n) is 7.30. The maximum absolute atomic E-state index is 12.3. The molecule has 4 aromatic rings. The monoisotopic (exact) mass is 419 g/mol. The number of carbonyl (C=O) groups is 1. The van der Waals surface area contributed by atoms with Crippen LogP contribution in [0.4, 0.5) is 0 Å². The van der Waals surface area contributed by atoms with Crippen LogP contribution < -0.4 is 10.1 Å². The fourth-order valence-electron chi connectivity index (χ4n) is 3.43. The Labute approximate surface area is 180 Å². The third-order valence-electron chi connectivity index (χ3n) is 5.01. The summed E-state index contributed by atoms with van der Waals surface area (Å²) < 4.78 is 8.19. The zero-order chi connectivity index (χ0) is 20.9. The fourth-order valence-corrected chi connectivity index (χ4v) is 4.07. The molecule has 1 amide bonds. The zero-order valence-corrected chi connectivity index (χ0v) is 18.0. The van der Waals surface area contributed by atoms with Gasteiger partial charge in [-0.25, -0.2) is 4.98 Å². The number of carbonyl (C=O) groups excluding carboxylic acids is 1. The highest BCUT2D eigenvalue weighted by Crippen LogP contribution is 2.20. The standard InChI is InChI=1S/C24H25N3O2S/c1-17-10-11-18(2)21(15-17)29-13-6-12-27-20-8-4-3-7-19(20)26-23(27)16-25-24(28)22-9-5-14-30-22/h3-5,7-11,14-15H,6,12-13,16H2,1-2H3,(H,25,28). The summed E-state index contributed by atoms with van der Waals surface area (Å²) in [6.45, 7) is 5.92. The molecule has 0 saturated carbocycles. The van der Waals surface area contributed by atoms with E-state index in [1.165, 1.54) is 16.9 Å². The minimum Gasteiger partial charge on any atom is -0.493 e. The maximum Gasteiger partial charge on any atom is 0.261 e. The van der Waals surface area contributed by atoms with Gasteiger partial charge in [-0.3, -0.25) is 4.79 Å². The SMILES string of the molecule is Cc1ccc(C)c(OCCCn2c(CNC(=O)c3cccs3)nc3ccccc32)c1. The highest BCUT2D eigenvalue weighted by atomic mass is 32.1. The number of aryl methyl sites for hydroxylation is 3. The molecule has 2 aromatic carbocycles. The van der Waals surface area contributed by atoms with Crippen molar-refractivity contribution in [3.8, 4) is 5.75 Å². The van der Waals surface area contributed by atoms with Gasteiger partial charge in [-0.2, -0.15) is 0 Å². The van der Waals surface area contributed by atoms with Crippen LogP contribution in [0.25, 0.3) is 11.0 Å². The first-order chi connectivity index (χ1) is 14.6. The average molecular weight is 420 g/mol. The second kappa shape index (κ2) is 9.13. The third-order valence-corrected chi connectivity index (χ3v) is 5.88. The van der Waals surface area contributed by atoms with Crippen LogP contribution in [-0.4, -0.2) is 22.1 Å². The van der Waals surface area contributed by atoms with Crippen LogP contribution >= 0.6 is 11.3 Å². The summed E-state index contributed by atoms with van der Waals surface area (Å²) in [6.07, 6.45) is 0.847. The van der Waals surface area contributed by atoms with Crippen molar-refractivity contribution in [3.63, 3.8) is 0 Å². The average Bonchev–Trinajstić information content (AvgIpc) is 3.40. The largest absolute Gasteiger partial charge is 0.493 e. The Morgan fingerprint density at radius 2 is 2.00 bits per heavy atom. The first kappa shape index (κ1) is 20.2. The van der Waals surface area contributed by atoms with Crippen LogP contribution in [0.1, 0.15) is 33.0 Å². The van der Waals surface area contributed by atoms with Crippen molar-refractivity contribution >= 4 is 28.3 Å². The highest BCUT2D eigenvalue weighted by Gasteiger charge is 2.13. The molecule has 0 fully saturated rings. The maximum atomic E-state index is 12.3. The van der Waals surface area contributed by atoms with Gasteiger partial charge >= 0.3 is 0 Å². The van der Waals surface area contributed by atoms with Crippen molar-refractivity contribution < 1.29 is 9.53 Å². The Morgan fingerprint density at radius 3 is 2.83 bits per heavy atom. The molecule has 2 heterocycles. The molecule has 0 aliphatic rings. The fraction of sp³-hybridized carbons (Fsp3) is 0.250. The summed E-state index contributed by atoms with van der Waals surface area (Å²) in [5.41, 5.74) is 4.35. The Hall–Kier alpha value is -3.12. The van der Waals surface area contributed by atoms with E-state index in [0.717, 1.165) is 41.1 Å². The summed E-state index contributed by atoms with van der Waals surface area (Å²) in [5.74, 6) is 1.73. The zero-order valence-electron chi connectivity index (χ0n) is 17.2. The van der Waals surface area contributed by atoms with Gasteiger partial charge < -0.3 is 14.6 Å². The lowest BCUT2D eigenvalue weighted by Gasteiger charge is -2.12. The first-order valence-electron chi connectivity index (χ1n) is 10.1. The van der Waals surface area contributed by atoms with Crippen LogP contribution in [0, 0.1) is 13.8 Å². The Bertz CT molecular complexity index is 1150. The molecule has 0 atom stereocenters. The number of nitrogens with one attached hydrogen (secondary N) is 1. The van der Waals surface area contributed by atoms with Crippen molar-refractivity contribution in [2.75, 3.05) is 6.61 Å². The van der Waals surface area contributed by atoms with Gasteiger partial charge in [0.25, 0.3) is 5.91 Å². The van der Waals surface area contributed by atoms with E-state index >= 15 is 0 Å². The first-order valence-corrected chi connectivity index (χ1v) is 11.0. The summed E-state index contributed by atoms with van der Waals surface area (Å²) in [6, 6.07) is 18.0. The van der Waals surface area contributed by atoms with Gasteiger partial charge in [-0.05, 0) is 61.0 Å². The number of aromatic nitrogens is 2. The number of hydrogen-bond donors (Lipinski definition) is 1. The summed E-state index contributed by atoms with van der Waals surface area (Å²) in [7, 11) is 0. The molecule has 30 heavy (non-hydrogen) atoms. The summed E-state index contributed by atoms with van der Waals surface area (Å²) in [4.78, 5) is 17.8. The Balaban J connectivity index is 1.43. The number of nitrogens with zero attached hydrogens (tertiary/aromatic N) is 2. The molecule has 2 aromatic heterocycles. The lowest BCUT2D eigenvalue weighted by Crippen LogP contribution is -2.24. The number of amides is 1. The van der Waals surface area contributed by atoms with E-state index in [1.807, 2.05) is 35.7 Å². The predicted octanol–water partition coefficient (Wildman–Crippen LogP) is 5.11. The van der Waals surface area contributed by atoms with Crippen LogP contribution in [0.5, 0.6) is 5.75 Å². The molecular formula is C24H25N3O2S. The number of thiophene rings is 1. The molecule has 0 radical (unpaired) electrons. The van der Waals surface area contributed by atoms with E-state index in [9.17, 15) is 4.79 Å². The van der Waals surface area contributed by atoms with Gasteiger partial charge in [-0.1, -0.05) is 30.3 Å². The van der Waals surface area contributed by atoms with Crippen LogP contribution in [-0.2, 0) is 13.1 Å². The number of fused-ring (bicyclic) bond motifs is 1. The van der Waals surface area contributed by atoms with Crippen molar-refractivity contribution in [1.82, 2.24) is 14.9 Å². The van der Waals surface area contributed by atoms with Crippen molar-refractivity contribution in [1.29, 1.82) is 0 Å². The summed E-state index contributed by atoms with van der Waals surface area (Å²) >= 11 is 1.44. The molecule has 6 heteroatoms. The molecule has 1 N–H and O–H groups in total.